The van der Waals surface area contributed by atoms with Crippen molar-refractivity contribution < 1.29 is 14.0 Å². The molecule has 1 N–H and O–H groups in total. The van der Waals surface area contributed by atoms with Crippen LogP contribution < -0.4 is 5.32 Å². The van der Waals surface area contributed by atoms with Gasteiger partial charge in [0.2, 0.25) is 0 Å². The van der Waals surface area contributed by atoms with Crippen molar-refractivity contribution in [3.8, 4) is 17.9 Å². The Bertz CT molecular complexity index is 2040. The minimum Gasteiger partial charge on any atom is -0.347 e. The maximum Gasteiger partial charge on any atom is 0.268 e. The molecule has 2 amide bonds. The number of nitrogens with one attached hydrogen (secondary N) is 1. The van der Waals surface area contributed by atoms with Gasteiger partial charge < -0.3 is 14.8 Å². The third-order valence-corrected chi connectivity index (χ3v) is 8.60. The van der Waals surface area contributed by atoms with Crippen LogP contribution >= 0.6 is 11.6 Å². The summed E-state index contributed by atoms with van der Waals surface area (Å²) >= 11 is 6.11. The molecule has 11 heteroatoms. The molecule has 9 nitrogen and oxygen atoms in total. The second-order valence-electron chi connectivity index (χ2n) is 11.2. The van der Waals surface area contributed by atoms with Gasteiger partial charge in [-0.3, -0.25) is 9.59 Å². The Labute approximate surface area is 270 Å². The van der Waals surface area contributed by atoms with E-state index in [0.717, 1.165) is 11.1 Å². The highest BCUT2D eigenvalue weighted by molar-refractivity contribution is 6.31. The van der Waals surface area contributed by atoms with Crippen molar-refractivity contribution in [3.05, 3.63) is 123 Å². The van der Waals surface area contributed by atoms with E-state index in [1.54, 1.807) is 39.7 Å². The Morgan fingerprint density at radius 3 is 2.67 bits per heavy atom. The molecule has 6 rings (SSSR count). The number of nitrogens with zero attached hydrogens (tertiary/aromatic N) is 6. The number of hydrogen-bond donors (Lipinski definition) is 1. The fourth-order valence-electron chi connectivity index (χ4n) is 5.62. The number of imidazole rings is 1. The lowest BCUT2D eigenvalue weighted by Gasteiger charge is -2.32. The van der Waals surface area contributed by atoms with E-state index >= 15 is 0 Å². The normalized spacial score (nSPS) is 13.2. The van der Waals surface area contributed by atoms with E-state index in [1.165, 1.54) is 12.1 Å². The summed E-state index contributed by atoms with van der Waals surface area (Å²) < 4.78 is 17.6. The van der Waals surface area contributed by atoms with E-state index in [9.17, 15) is 19.2 Å². The fourth-order valence-corrected chi connectivity index (χ4v) is 5.85. The predicted octanol–water partition coefficient (Wildman–Crippen LogP) is 5.39. The summed E-state index contributed by atoms with van der Waals surface area (Å²) in [6.07, 6.45) is 4.77. The molecular formula is C35H29ClFN7O2. The van der Waals surface area contributed by atoms with Gasteiger partial charge in [-0.15, -0.1) is 0 Å². The maximum atomic E-state index is 14.2. The van der Waals surface area contributed by atoms with Crippen LogP contribution in [0.5, 0.6) is 0 Å². The van der Waals surface area contributed by atoms with Crippen LogP contribution in [0.15, 0.2) is 73.1 Å². The second-order valence-corrected chi connectivity index (χ2v) is 11.6. The molecule has 2 aromatic carbocycles. The SMILES string of the molecule is Cc1ccc(C(=O)N2CCC(Cn3c(C#N)ccc3C(=O)NCc3c(F)cccc3Cl)CC2)cc1C#Cc1cnc2cccnn12. The monoisotopic (exact) mass is 633 g/mol. The summed E-state index contributed by atoms with van der Waals surface area (Å²) in [5.74, 6) is 5.46. The average molecular weight is 634 g/mol. The van der Waals surface area contributed by atoms with Crippen molar-refractivity contribution in [3.63, 3.8) is 0 Å². The third-order valence-electron chi connectivity index (χ3n) is 8.25. The molecule has 0 bridgehead atoms. The molecule has 1 saturated heterocycles. The van der Waals surface area contributed by atoms with Crippen molar-refractivity contribution in [2.75, 3.05) is 13.1 Å². The summed E-state index contributed by atoms with van der Waals surface area (Å²) in [5.41, 5.74) is 4.52. The minimum absolute atomic E-state index is 0.0662. The van der Waals surface area contributed by atoms with E-state index in [0.29, 0.717) is 60.8 Å². The van der Waals surface area contributed by atoms with Crippen molar-refractivity contribution in [2.24, 2.45) is 5.92 Å². The minimum atomic E-state index is -0.502. The van der Waals surface area contributed by atoms with Crippen LogP contribution in [0.25, 0.3) is 5.65 Å². The molecule has 3 aromatic heterocycles. The first-order valence-corrected chi connectivity index (χ1v) is 15.2. The van der Waals surface area contributed by atoms with Gasteiger partial charge in [0, 0.05) is 54.1 Å². The molecule has 4 heterocycles. The summed E-state index contributed by atoms with van der Waals surface area (Å²) in [4.78, 5) is 32.7. The van der Waals surface area contributed by atoms with E-state index in [1.807, 2.05) is 42.2 Å². The van der Waals surface area contributed by atoms with Gasteiger partial charge in [0.05, 0.1) is 6.20 Å². The van der Waals surface area contributed by atoms with Gasteiger partial charge >= 0.3 is 0 Å². The Hall–Kier alpha value is -5.45. The second kappa shape index (κ2) is 13.3. The molecule has 230 valence electrons. The first-order valence-electron chi connectivity index (χ1n) is 14.8. The summed E-state index contributed by atoms with van der Waals surface area (Å²) in [5, 5.41) is 17.0. The van der Waals surface area contributed by atoms with E-state index in [-0.39, 0.29) is 29.0 Å². The quantitative estimate of drug-likeness (QED) is 0.253. The number of aromatic nitrogens is 4. The molecular weight excluding hydrogens is 605 g/mol. The number of aryl methyl sites for hydroxylation is 1. The molecule has 1 aliphatic rings. The number of piperidine rings is 1. The van der Waals surface area contributed by atoms with Gasteiger partial charge in [-0.1, -0.05) is 29.7 Å². The maximum absolute atomic E-state index is 14.2. The molecule has 0 spiro atoms. The smallest absolute Gasteiger partial charge is 0.268 e. The molecule has 0 radical (unpaired) electrons. The zero-order valence-corrected chi connectivity index (χ0v) is 25.8. The van der Waals surface area contributed by atoms with Gasteiger partial charge in [-0.25, -0.2) is 13.9 Å². The van der Waals surface area contributed by atoms with Gasteiger partial charge in [-0.2, -0.15) is 10.4 Å². The number of likely N-dealkylation sites (tertiary alicyclic amines) is 1. The lowest BCUT2D eigenvalue weighted by molar-refractivity contribution is 0.0682. The Kier molecular flexibility index (Phi) is 8.82. The van der Waals surface area contributed by atoms with E-state index in [4.69, 9.17) is 11.6 Å². The van der Waals surface area contributed by atoms with Crippen LogP contribution in [0.4, 0.5) is 4.39 Å². The number of benzene rings is 2. The zero-order chi connectivity index (χ0) is 32.2. The number of carbonyl (C=O) groups excluding carboxylic acids is 2. The molecule has 0 unspecified atom stereocenters. The largest absolute Gasteiger partial charge is 0.347 e. The molecule has 0 atom stereocenters. The van der Waals surface area contributed by atoms with Crippen molar-refractivity contribution in [1.82, 2.24) is 29.4 Å². The highest BCUT2D eigenvalue weighted by atomic mass is 35.5. The first kappa shape index (κ1) is 30.6. The molecule has 5 aromatic rings. The van der Waals surface area contributed by atoms with E-state index in [2.05, 4.69) is 33.3 Å². The number of amides is 2. The number of nitriles is 1. The predicted molar refractivity (Wildman–Crippen MR) is 171 cm³/mol. The summed E-state index contributed by atoms with van der Waals surface area (Å²) in [6, 6.07) is 18.9. The van der Waals surface area contributed by atoms with E-state index < -0.39 is 11.7 Å². The highest BCUT2D eigenvalue weighted by Gasteiger charge is 2.26. The Morgan fingerprint density at radius 2 is 1.89 bits per heavy atom. The van der Waals surface area contributed by atoms with Gasteiger partial charge in [0.1, 0.15) is 29.0 Å². The first-order chi connectivity index (χ1) is 22.3. The fraction of sp³-hybridized carbons (Fsp3) is 0.229. The number of rotatable bonds is 6. The Balaban J connectivity index is 1.10. The lowest BCUT2D eigenvalue weighted by atomic mass is 9.95. The Morgan fingerprint density at radius 1 is 1.07 bits per heavy atom. The summed E-state index contributed by atoms with van der Waals surface area (Å²) in [6.45, 7) is 3.41. The highest BCUT2D eigenvalue weighted by Crippen LogP contribution is 2.24. The van der Waals surface area contributed by atoms with Gasteiger partial charge in [0.25, 0.3) is 11.8 Å². The molecule has 46 heavy (non-hydrogen) atoms. The van der Waals surface area contributed by atoms with Gasteiger partial charge in [0.15, 0.2) is 5.65 Å². The number of fused-ring (bicyclic) bond motifs is 1. The standard InChI is InChI=1S/C35H29ClFN7O2/c1-23-7-8-26(18-25(23)9-10-28-20-39-33-6-3-15-41-44(28)33)35(46)42-16-13-24(14-17-42)22-43-27(19-38)11-12-32(43)34(45)40-21-29-30(36)4-2-5-31(29)37/h2-8,11-12,15,18,20,24H,13-14,16-17,21-22H2,1H3,(H,40,45). The number of carbonyl (C=O) groups is 2. The van der Waals surface area contributed by atoms with Crippen molar-refractivity contribution >= 4 is 29.1 Å². The third kappa shape index (κ3) is 6.35. The van der Waals surface area contributed by atoms with Crippen LogP contribution in [-0.2, 0) is 13.1 Å². The molecule has 1 fully saturated rings. The average Bonchev–Trinajstić information content (AvgIpc) is 3.68. The van der Waals surface area contributed by atoms with Crippen LogP contribution in [-0.4, -0.2) is 49.0 Å². The van der Waals surface area contributed by atoms with Crippen molar-refractivity contribution in [2.45, 2.75) is 32.9 Å². The molecule has 1 aliphatic heterocycles. The van der Waals surface area contributed by atoms with Crippen LogP contribution in [0.2, 0.25) is 5.02 Å². The number of hydrogen-bond acceptors (Lipinski definition) is 5. The van der Waals surface area contributed by atoms with Crippen molar-refractivity contribution in [1.29, 1.82) is 5.26 Å². The van der Waals surface area contributed by atoms with Crippen LogP contribution in [0.1, 0.15) is 61.8 Å². The lowest BCUT2D eigenvalue weighted by Crippen LogP contribution is -2.39. The van der Waals surface area contributed by atoms with Gasteiger partial charge in [-0.05, 0) is 85.7 Å². The summed E-state index contributed by atoms with van der Waals surface area (Å²) in [7, 11) is 0. The zero-order valence-electron chi connectivity index (χ0n) is 25.0. The van der Waals surface area contributed by atoms with Crippen LogP contribution in [0.3, 0.4) is 0 Å². The molecule has 0 aliphatic carbocycles. The molecule has 0 saturated carbocycles. The van der Waals surface area contributed by atoms with Crippen LogP contribution in [0, 0.1) is 41.8 Å². The number of halogens is 2. The topological polar surface area (TPSA) is 108 Å².